The fourth-order valence-electron chi connectivity index (χ4n) is 2.71. The Bertz CT molecular complexity index is 688. The van der Waals surface area contributed by atoms with Gasteiger partial charge in [-0.25, -0.2) is 0 Å². The molecule has 1 amide bonds. The van der Waals surface area contributed by atoms with E-state index in [4.69, 9.17) is 9.47 Å². The van der Waals surface area contributed by atoms with Crippen LogP contribution in [0.2, 0.25) is 0 Å². The normalized spacial score (nSPS) is 12.5. The van der Waals surface area contributed by atoms with E-state index in [2.05, 4.69) is 5.32 Å². The number of fused-ring (bicyclic) bond motifs is 1. The van der Waals surface area contributed by atoms with Crippen molar-refractivity contribution in [2.24, 2.45) is 0 Å². The molecule has 0 spiro atoms. The highest BCUT2D eigenvalue weighted by molar-refractivity contribution is 5.93. The largest absolute Gasteiger partial charge is 0.486 e. The number of nitrogens with one attached hydrogen (secondary N) is 1. The van der Waals surface area contributed by atoms with Gasteiger partial charge in [-0.1, -0.05) is 18.2 Å². The molecule has 3 rings (SSSR count). The van der Waals surface area contributed by atoms with Crippen molar-refractivity contribution in [3.8, 4) is 11.5 Å². The zero-order chi connectivity index (χ0) is 16.8. The van der Waals surface area contributed by atoms with Gasteiger partial charge in [-0.15, -0.1) is 0 Å². The third-order valence-corrected chi connectivity index (χ3v) is 3.90. The Balaban J connectivity index is 1.55. The average Bonchev–Trinajstić information content (AvgIpc) is 2.63. The highest BCUT2D eigenvalue weighted by Crippen LogP contribution is 2.32. The molecule has 0 unspecified atom stereocenters. The van der Waals surface area contributed by atoms with Gasteiger partial charge in [-0.05, 0) is 31.2 Å². The number of nitrogens with zero attached hydrogens (tertiary/aromatic N) is 1. The van der Waals surface area contributed by atoms with Crippen molar-refractivity contribution in [2.45, 2.75) is 13.3 Å². The second kappa shape index (κ2) is 7.73. The van der Waals surface area contributed by atoms with Crippen molar-refractivity contribution in [3.05, 3.63) is 48.5 Å². The summed E-state index contributed by atoms with van der Waals surface area (Å²) in [6.45, 7) is 4.37. The minimum absolute atomic E-state index is 0.105. The van der Waals surface area contributed by atoms with Crippen LogP contribution in [0.4, 0.5) is 11.4 Å². The molecule has 0 atom stereocenters. The molecular weight excluding hydrogens is 304 g/mol. The SMILES string of the molecule is CCN(C(=O)CCNc1ccc2c(c1)OCCO2)c1ccccc1. The highest BCUT2D eigenvalue weighted by Gasteiger charge is 2.14. The van der Waals surface area contributed by atoms with E-state index in [9.17, 15) is 4.79 Å². The summed E-state index contributed by atoms with van der Waals surface area (Å²) in [7, 11) is 0. The first-order valence-corrected chi connectivity index (χ1v) is 8.27. The summed E-state index contributed by atoms with van der Waals surface area (Å²) < 4.78 is 11.1. The van der Waals surface area contributed by atoms with E-state index in [1.54, 1.807) is 4.90 Å². The molecule has 0 bridgehead atoms. The molecule has 0 saturated carbocycles. The summed E-state index contributed by atoms with van der Waals surface area (Å²) in [5, 5.41) is 3.27. The highest BCUT2D eigenvalue weighted by atomic mass is 16.6. The van der Waals surface area contributed by atoms with E-state index in [0.29, 0.717) is 32.7 Å². The molecule has 126 valence electrons. The number of hydrogen-bond donors (Lipinski definition) is 1. The van der Waals surface area contributed by atoms with Gasteiger partial charge < -0.3 is 19.7 Å². The van der Waals surface area contributed by atoms with Crippen LogP contribution in [0.3, 0.4) is 0 Å². The molecule has 1 aliphatic heterocycles. The number of ether oxygens (including phenoxy) is 2. The average molecular weight is 326 g/mol. The van der Waals surface area contributed by atoms with Crippen molar-refractivity contribution in [1.29, 1.82) is 0 Å². The van der Waals surface area contributed by atoms with Crippen LogP contribution in [0.25, 0.3) is 0 Å². The second-order valence-electron chi connectivity index (χ2n) is 5.51. The molecule has 1 N–H and O–H groups in total. The number of benzene rings is 2. The van der Waals surface area contributed by atoms with Crippen LogP contribution in [-0.2, 0) is 4.79 Å². The van der Waals surface area contributed by atoms with Gasteiger partial charge in [0.1, 0.15) is 13.2 Å². The van der Waals surface area contributed by atoms with Gasteiger partial charge in [0.15, 0.2) is 11.5 Å². The lowest BCUT2D eigenvalue weighted by Gasteiger charge is -2.21. The molecule has 0 aliphatic carbocycles. The van der Waals surface area contributed by atoms with Crippen LogP contribution in [-0.4, -0.2) is 32.2 Å². The number of carbonyl (C=O) groups is 1. The monoisotopic (exact) mass is 326 g/mol. The minimum atomic E-state index is 0.105. The van der Waals surface area contributed by atoms with Crippen LogP contribution in [0.5, 0.6) is 11.5 Å². The Morgan fingerprint density at radius 1 is 1.08 bits per heavy atom. The van der Waals surface area contributed by atoms with Gasteiger partial charge in [0, 0.05) is 37.0 Å². The molecular formula is C19H22N2O3. The fraction of sp³-hybridized carbons (Fsp3) is 0.316. The number of anilines is 2. The maximum absolute atomic E-state index is 12.4. The number of rotatable bonds is 6. The van der Waals surface area contributed by atoms with Gasteiger partial charge in [-0.2, -0.15) is 0 Å². The van der Waals surface area contributed by atoms with Crippen LogP contribution in [0, 0.1) is 0 Å². The molecule has 0 fully saturated rings. The lowest BCUT2D eigenvalue weighted by molar-refractivity contribution is -0.118. The van der Waals surface area contributed by atoms with Crippen molar-refractivity contribution in [3.63, 3.8) is 0 Å². The van der Waals surface area contributed by atoms with Gasteiger partial charge in [0.25, 0.3) is 0 Å². The first kappa shape index (κ1) is 16.2. The molecule has 24 heavy (non-hydrogen) atoms. The summed E-state index contributed by atoms with van der Waals surface area (Å²) in [6.07, 6.45) is 0.428. The molecule has 1 aliphatic rings. The Morgan fingerprint density at radius 2 is 1.83 bits per heavy atom. The Morgan fingerprint density at radius 3 is 2.58 bits per heavy atom. The van der Waals surface area contributed by atoms with Crippen LogP contribution < -0.4 is 19.7 Å². The maximum Gasteiger partial charge on any atom is 0.228 e. The molecule has 0 aromatic heterocycles. The fourth-order valence-corrected chi connectivity index (χ4v) is 2.71. The predicted octanol–water partition coefficient (Wildman–Crippen LogP) is 3.31. The zero-order valence-corrected chi connectivity index (χ0v) is 13.8. The van der Waals surface area contributed by atoms with E-state index in [1.165, 1.54) is 0 Å². The summed E-state index contributed by atoms with van der Waals surface area (Å²) in [5.41, 5.74) is 1.86. The first-order chi connectivity index (χ1) is 11.8. The Labute approximate surface area is 142 Å². The second-order valence-corrected chi connectivity index (χ2v) is 5.51. The number of hydrogen-bond acceptors (Lipinski definition) is 4. The number of carbonyl (C=O) groups excluding carboxylic acids is 1. The summed E-state index contributed by atoms with van der Waals surface area (Å²) in [4.78, 5) is 14.2. The van der Waals surface area contributed by atoms with Gasteiger partial charge in [0.05, 0.1) is 0 Å². The number of amides is 1. The van der Waals surface area contributed by atoms with E-state index in [-0.39, 0.29) is 5.91 Å². The maximum atomic E-state index is 12.4. The van der Waals surface area contributed by atoms with Gasteiger partial charge in [-0.3, -0.25) is 4.79 Å². The molecule has 0 saturated heterocycles. The summed E-state index contributed by atoms with van der Waals surface area (Å²) in [5.74, 6) is 1.62. The summed E-state index contributed by atoms with van der Waals surface area (Å²) >= 11 is 0. The van der Waals surface area contributed by atoms with Crippen molar-refractivity contribution < 1.29 is 14.3 Å². The van der Waals surface area contributed by atoms with Crippen LogP contribution >= 0.6 is 0 Å². The van der Waals surface area contributed by atoms with Crippen molar-refractivity contribution >= 4 is 17.3 Å². The minimum Gasteiger partial charge on any atom is -0.486 e. The quantitative estimate of drug-likeness (QED) is 0.885. The molecule has 5 heteroatoms. The van der Waals surface area contributed by atoms with E-state index >= 15 is 0 Å². The Hall–Kier alpha value is -2.69. The zero-order valence-electron chi connectivity index (χ0n) is 13.8. The van der Waals surface area contributed by atoms with Gasteiger partial charge >= 0.3 is 0 Å². The molecule has 1 heterocycles. The first-order valence-electron chi connectivity index (χ1n) is 8.27. The molecule has 2 aromatic rings. The number of para-hydroxylation sites is 1. The topological polar surface area (TPSA) is 50.8 Å². The van der Waals surface area contributed by atoms with Crippen molar-refractivity contribution in [2.75, 3.05) is 36.5 Å². The van der Waals surface area contributed by atoms with E-state index < -0.39 is 0 Å². The molecule has 0 radical (unpaired) electrons. The Kier molecular flexibility index (Phi) is 5.21. The standard InChI is InChI=1S/C19H22N2O3/c1-2-21(16-6-4-3-5-7-16)19(22)10-11-20-15-8-9-17-18(14-15)24-13-12-23-17/h3-9,14,20H,2,10-13H2,1H3. The smallest absolute Gasteiger partial charge is 0.228 e. The van der Waals surface area contributed by atoms with Gasteiger partial charge in [0.2, 0.25) is 5.91 Å². The third-order valence-electron chi connectivity index (χ3n) is 3.90. The third kappa shape index (κ3) is 3.79. The van der Waals surface area contributed by atoms with Crippen LogP contribution in [0.1, 0.15) is 13.3 Å². The van der Waals surface area contributed by atoms with Crippen LogP contribution in [0.15, 0.2) is 48.5 Å². The lowest BCUT2D eigenvalue weighted by atomic mass is 10.2. The van der Waals surface area contributed by atoms with E-state index in [0.717, 1.165) is 22.9 Å². The van der Waals surface area contributed by atoms with Crippen molar-refractivity contribution in [1.82, 2.24) is 0 Å². The molecule has 5 nitrogen and oxygen atoms in total. The predicted molar refractivity (Wildman–Crippen MR) is 95.0 cm³/mol. The lowest BCUT2D eigenvalue weighted by Crippen LogP contribution is -2.31. The van der Waals surface area contributed by atoms with E-state index in [1.807, 2.05) is 55.5 Å². The summed E-state index contributed by atoms with van der Waals surface area (Å²) in [6, 6.07) is 15.5. The molecule has 2 aromatic carbocycles.